The minimum absolute atomic E-state index is 0.0794. The number of aromatic nitrogens is 3. The summed E-state index contributed by atoms with van der Waals surface area (Å²) in [7, 11) is 0. The number of hydrogen-bond acceptors (Lipinski definition) is 6. The van der Waals surface area contributed by atoms with Crippen molar-refractivity contribution in [2.24, 2.45) is 5.41 Å². The highest BCUT2D eigenvalue weighted by Gasteiger charge is 2.61. The van der Waals surface area contributed by atoms with Gasteiger partial charge in [0.05, 0.1) is 22.0 Å². The molecule has 0 aliphatic heterocycles. The number of rotatable bonds is 4. The minimum atomic E-state index is 0.0794. The van der Waals surface area contributed by atoms with Crippen LogP contribution < -0.4 is 0 Å². The molecule has 2 aliphatic carbocycles. The van der Waals surface area contributed by atoms with Crippen LogP contribution in [0.25, 0.3) is 0 Å². The third-order valence-corrected chi connectivity index (χ3v) is 7.65. The number of ketones is 1. The molecule has 4 nitrogen and oxygen atoms in total. The SMILES string of the molecule is CC12CCC(c3nnc(SCC(=O)c4cccs4)nc31)C2(C)C. The first-order chi connectivity index (χ1) is 10.9. The van der Waals surface area contributed by atoms with Gasteiger partial charge in [0.2, 0.25) is 5.16 Å². The van der Waals surface area contributed by atoms with Crippen LogP contribution in [0.15, 0.2) is 22.7 Å². The molecule has 1 saturated carbocycles. The Balaban J connectivity index is 1.57. The van der Waals surface area contributed by atoms with Crippen molar-refractivity contribution in [3.05, 3.63) is 33.8 Å². The molecule has 120 valence electrons. The first-order valence-corrected chi connectivity index (χ1v) is 9.74. The summed E-state index contributed by atoms with van der Waals surface area (Å²) in [5.41, 5.74) is 2.46. The van der Waals surface area contributed by atoms with Gasteiger partial charge in [0, 0.05) is 11.3 Å². The lowest BCUT2D eigenvalue weighted by Gasteiger charge is -2.33. The number of thiophene rings is 1. The van der Waals surface area contributed by atoms with E-state index in [1.165, 1.54) is 29.5 Å². The van der Waals surface area contributed by atoms with Crippen LogP contribution in [-0.2, 0) is 5.41 Å². The van der Waals surface area contributed by atoms with Gasteiger partial charge in [0.1, 0.15) is 0 Å². The molecule has 2 heterocycles. The zero-order chi connectivity index (χ0) is 16.2. The first-order valence-electron chi connectivity index (χ1n) is 7.88. The quantitative estimate of drug-likeness (QED) is 0.617. The van der Waals surface area contributed by atoms with Crippen LogP contribution in [0, 0.1) is 5.41 Å². The lowest BCUT2D eigenvalue weighted by Crippen LogP contribution is -2.32. The van der Waals surface area contributed by atoms with E-state index >= 15 is 0 Å². The third-order valence-electron chi connectivity index (χ3n) is 5.90. The molecule has 2 aromatic heterocycles. The molecule has 2 aromatic rings. The van der Waals surface area contributed by atoms with Gasteiger partial charge in [0.25, 0.3) is 0 Å². The summed E-state index contributed by atoms with van der Waals surface area (Å²) in [6, 6.07) is 3.76. The Morgan fingerprint density at radius 1 is 1.39 bits per heavy atom. The van der Waals surface area contributed by atoms with Gasteiger partial charge in [-0.15, -0.1) is 16.4 Å². The Morgan fingerprint density at radius 3 is 2.96 bits per heavy atom. The van der Waals surface area contributed by atoms with E-state index in [0.717, 1.165) is 22.7 Å². The van der Waals surface area contributed by atoms with Crippen LogP contribution in [0.4, 0.5) is 0 Å². The van der Waals surface area contributed by atoms with Gasteiger partial charge in [-0.1, -0.05) is 38.6 Å². The monoisotopic (exact) mass is 345 g/mol. The summed E-state index contributed by atoms with van der Waals surface area (Å²) in [4.78, 5) is 17.7. The van der Waals surface area contributed by atoms with Gasteiger partial charge in [-0.25, -0.2) is 4.98 Å². The number of carbonyl (C=O) groups excluding carboxylic acids is 1. The van der Waals surface area contributed by atoms with Gasteiger partial charge in [-0.05, 0) is 29.7 Å². The van der Waals surface area contributed by atoms with Crippen LogP contribution in [-0.4, -0.2) is 26.7 Å². The van der Waals surface area contributed by atoms with Crippen LogP contribution in [0.5, 0.6) is 0 Å². The molecule has 0 amide bonds. The Hall–Kier alpha value is -1.27. The van der Waals surface area contributed by atoms with Gasteiger partial charge < -0.3 is 0 Å². The predicted octanol–water partition coefficient (Wildman–Crippen LogP) is 4.08. The van der Waals surface area contributed by atoms with Crippen molar-refractivity contribution in [2.75, 3.05) is 5.75 Å². The van der Waals surface area contributed by atoms with E-state index in [1.807, 2.05) is 17.5 Å². The number of thioether (sulfide) groups is 1. The van der Waals surface area contributed by atoms with E-state index in [0.29, 0.717) is 16.8 Å². The normalized spacial score (nSPS) is 27.2. The summed E-state index contributed by atoms with van der Waals surface area (Å²) < 4.78 is 0. The molecule has 4 rings (SSSR count). The highest BCUT2D eigenvalue weighted by Crippen LogP contribution is 2.66. The van der Waals surface area contributed by atoms with Gasteiger partial charge in [-0.3, -0.25) is 4.79 Å². The summed E-state index contributed by atoms with van der Waals surface area (Å²) in [6.07, 6.45) is 2.34. The standard InChI is InChI=1S/C17H19N3OS2/c1-16(2)10-6-7-17(16,3)14-13(10)19-20-15(18-14)23-9-11(21)12-5-4-8-22-12/h4-5,8,10H,6-7,9H2,1-3H3. The number of carbonyl (C=O) groups is 1. The zero-order valence-electron chi connectivity index (χ0n) is 13.5. The van der Waals surface area contributed by atoms with Crippen molar-refractivity contribution in [3.63, 3.8) is 0 Å². The van der Waals surface area contributed by atoms with Crippen molar-refractivity contribution in [1.29, 1.82) is 0 Å². The van der Waals surface area contributed by atoms with E-state index in [1.54, 1.807) is 0 Å². The lowest BCUT2D eigenvalue weighted by atomic mass is 9.70. The molecule has 0 spiro atoms. The maximum Gasteiger partial charge on any atom is 0.209 e. The summed E-state index contributed by atoms with van der Waals surface area (Å²) in [6.45, 7) is 6.95. The Labute approximate surface area is 144 Å². The third kappa shape index (κ3) is 2.11. The van der Waals surface area contributed by atoms with Gasteiger partial charge in [0.15, 0.2) is 5.78 Å². The fourth-order valence-electron chi connectivity index (χ4n) is 4.06. The number of fused-ring (bicyclic) bond motifs is 5. The van der Waals surface area contributed by atoms with E-state index in [2.05, 4.69) is 31.0 Å². The molecule has 23 heavy (non-hydrogen) atoms. The van der Waals surface area contributed by atoms with Gasteiger partial charge >= 0.3 is 0 Å². The molecule has 1 fully saturated rings. The van der Waals surface area contributed by atoms with Crippen molar-refractivity contribution in [2.45, 2.75) is 50.1 Å². The molecule has 2 bridgehead atoms. The molecule has 0 N–H and O–H groups in total. The number of nitrogens with zero attached hydrogens (tertiary/aromatic N) is 3. The van der Waals surface area contributed by atoms with Crippen molar-refractivity contribution >= 4 is 28.9 Å². The largest absolute Gasteiger partial charge is 0.292 e. The second-order valence-electron chi connectivity index (χ2n) is 7.16. The molecule has 0 radical (unpaired) electrons. The number of hydrogen-bond donors (Lipinski definition) is 0. The number of Topliss-reactive ketones (excluding diaryl/α,β-unsaturated/α-hetero) is 1. The molecule has 0 aromatic carbocycles. The lowest BCUT2D eigenvalue weighted by molar-refractivity contribution is 0.102. The van der Waals surface area contributed by atoms with Crippen LogP contribution >= 0.6 is 23.1 Å². The summed E-state index contributed by atoms with van der Waals surface area (Å²) in [5.74, 6) is 0.960. The van der Waals surface area contributed by atoms with E-state index < -0.39 is 0 Å². The van der Waals surface area contributed by atoms with E-state index in [9.17, 15) is 4.79 Å². The minimum Gasteiger partial charge on any atom is -0.292 e. The smallest absolute Gasteiger partial charge is 0.209 e. The van der Waals surface area contributed by atoms with E-state index in [-0.39, 0.29) is 16.6 Å². The Bertz CT molecular complexity index is 772. The average Bonchev–Trinajstić information content (AvgIpc) is 3.17. The molecule has 0 saturated heterocycles. The Kier molecular flexibility index (Phi) is 3.39. The highest BCUT2D eigenvalue weighted by atomic mass is 32.2. The molecule has 2 aliphatic rings. The fraction of sp³-hybridized carbons (Fsp3) is 0.529. The fourth-order valence-corrected chi connectivity index (χ4v) is 5.49. The summed E-state index contributed by atoms with van der Waals surface area (Å²) >= 11 is 2.87. The zero-order valence-corrected chi connectivity index (χ0v) is 15.1. The van der Waals surface area contributed by atoms with E-state index in [4.69, 9.17) is 4.98 Å². The Morgan fingerprint density at radius 2 is 2.22 bits per heavy atom. The predicted molar refractivity (Wildman–Crippen MR) is 92.3 cm³/mol. The maximum absolute atomic E-state index is 12.1. The van der Waals surface area contributed by atoms with Crippen molar-refractivity contribution < 1.29 is 4.79 Å². The molecular formula is C17H19N3OS2. The molecule has 2 atom stereocenters. The molecule has 2 unspecified atom stereocenters. The van der Waals surface area contributed by atoms with Crippen molar-refractivity contribution in [3.8, 4) is 0 Å². The second kappa shape index (κ2) is 5.11. The van der Waals surface area contributed by atoms with Crippen LogP contribution in [0.3, 0.4) is 0 Å². The van der Waals surface area contributed by atoms with Crippen LogP contribution in [0.1, 0.15) is 60.6 Å². The average molecular weight is 345 g/mol. The first kappa shape index (κ1) is 15.3. The van der Waals surface area contributed by atoms with Gasteiger partial charge in [-0.2, -0.15) is 5.10 Å². The second-order valence-corrected chi connectivity index (χ2v) is 9.05. The summed E-state index contributed by atoms with van der Waals surface area (Å²) in [5, 5.41) is 11.3. The molecule has 6 heteroatoms. The molecular weight excluding hydrogens is 326 g/mol. The topological polar surface area (TPSA) is 55.7 Å². The maximum atomic E-state index is 12.1. The van der Waals surface area contributed by atoms with Crippen molar-refractivity contribution in [1.82, 2.24) is 15.2 Å². The van der Waals surface area contributed by atoms with Crippen LogP contribution in [0.2, 0.25) is 0 Å². The highest BCUT2D eigenvalue weighted by molar-refractivity contribution is 7.99.